The van der Waals surface area contributed by atoms with E-state index < -0.39 is 0 Å². The Balaban J connectivity index is 2.17. The molecule has 1 aromatic rings. The highest BCUT2D eigenvalue weighted by atomic mass is 35.5. The monoisotopic (exact) mass is 266 g/mol. The Morgan fingerprint density at radius 3 is 2.50 bits per heavy atom. The first-order valence-corrected chi connectivity index (χ1v) is 7.21. The van der Waals surface area contributed by atoms with E-state index in [1.54, 1.807) is 0 Å². The average Bonchev–Trinajstić information content (AvgIpc) is 2.35. The van der Waals surface area contributed by atoms with Gasteiger partial charge in [0.1, 0.15) is 0 Å². The van der Waals surface area contributed by atoms with Gasteiger partial charge in [0.25, 0.3) is 0 Å². The highest BCUT2D eigenvalue weighted by Gasteiger charge is 2.27. The van der Waals surface area contributed by atoms with Crippen LogP contribution in [0.4, 0.5) is 0 Å². The van der Waals surface area contributed by atoms with Gasteiger partial charge < -0.3 is 0 Å². The summed E-state index contributed by atoms with van der Waals surface area (Å²) in [5.41, 5.74) is 5.31. The molecule has 2 rings (SSSR count). The molecule has 0 aliphatic heterocycles. The van der Waals surface area contributed by atoms with Gasteiger partial charge >= 0.3 is 0 Å². The second-order valence-electron chi connectivity index (χ2n) is 5.69. The van der Waals surface area contributed by atoms with Gasteiger partial charge in [0, 0.05) is 5.02 Å². The third-order valence-corrected chi connectivity index (χ3v) is 4.53. The lowest BCUT2D eigenvalue weighted by Crippen LogP contribution is -2.35. The van der Waals surface area contributed by atoms with Crippen LogP contribution >= 0.6 is 11.6 Å². The second kappa shape index (κ2) is 6.05. The number of hydrogen-bond acceptors (Lipinski definition) is 2. The van der Waals surface area contributed by atoms with Crippen LogP contribution in [0.2, 0.25) is 5.02 Å². The zero-order valence-corrected chi connectivity index (χ0v) is 12.0. The van der Waals surface area contributed by atoms with Crippen LogP contribution in [-0.2, 0) is 0 Å². The standard InChI is InChI=1S/C15H23ClN2/c1-10-3-6-12(7-4-10)15(18-17)13-8-5-11(2)9-14(13)16/h5,8-10,12,15,18H,3-4,6-7,17H2,1-2H3. The van der Waals surface area contributed by atoms with Crippen molar-refractivity contribution in [2.75, 3.05) is 0 Å². The Morgan fingerprint density at radius 1 is 1.28 bits per heavy atom. The van der Waals surface area contributed by atoms with E-state index in [9.17, 15) is 0 Å². The summed E-state index contributed by atoms with van der Waals surface area (Å²) in [6.07, 6.45) is 5.07. The predicted molar refractivity (Wildman–Crippen MR) is 77.4 cm³/mol. The molecule has 1 fully saturated rings. The van der Waals surface area contributed by atoms with Crippen molar-refractivity contribution in [2.24, 2.45) is 17.7 Å². The zero-order chi connectivity index (χ0) is 13.1. The van der Waals surface area contributed by atoms with E-state index in [0.717, 1.165) is 16.5 Å². The molecule has 0 saturated heterocycles. The van der Waals surface area contributed by atoms with Crippen molar-refractivity contribution in [1.29, 1.82) is 0 Å². The van der Waals surface area contributed by atoms with Crippen molar-refractivity contribution >= 4 is 11.6 Å². The third-order valence-electron chi connectivity index (χ3n) is 4.20. The van der Waals surface area contributed by atoms with Gasteiger partial charge in [0.15, 0.2) is 0 Å². The molecule has 1 aliphatic rings. The fourth-order valence-corrected chi connectivity index (χ4v) is 3.34. The molecule has 1 aromatic carbocycles. The quantitative estimate of drug-likeness (QED) is 0.642. The molecule has 0 amide bonds. The normalized spacial score (nSPS) is 26.0. The molecule has 0 spiro atoms. The van der Waals surface area contributed by atoms with Crippen molar-refractivity contribution < 1.29 is 0 Å². The SMILES string of the molecule is Cc1ccc(C(NN)C2CCC(C)CC2)c(Cl)c1. The molecule has 1 atom stereocenters. The number of nitrogens with one attached hydrogen (secondary N) is 1. The zero-order valence-electron chi connectivity index (χ0n) is 11.2. The van der Waals surface area contributed by atoms with Gasteiger partial charge in [0.2, 0.25) is 0 Å². The Kier molecular flexibility index (Phi) is 4.66. The molecule has 100 valence electrons. The first kappa shape index (κ1) is 13.9. The van der Waals surface area contributed by atoms with Gasteiger partial charge in [-0.3, -0.25) is 11.3 Å². The van der Waals surface area contributed by atoms with Gasteiger partial charge in [-0.15, -0.1) is 0 Å². The summed E-state index contributed by atoms with van der Waals surface area (Å²) < 4.78 is 0. The van der Waals surface area contributed by atoms with Crippen LogP contribution in [0.3, 0.4) is 0 Å². The summed E-state index contributed by atoms with van der Waals surface area (Å²) in [5, 5.41) is 0.830. The van der Waals surface area contributed by atoms with E-state index in [-0.39, 0.29) is 6.04 Å². The smallest absolute Gasteiger partial charge is 0.0502 e. The number of hydrogen-bond donors (Lipinski definition) is 2. The summed E-state index contributed by atoms with van der Waals surface area (Å²) in [4.78, 5) is 0. The summed E-state index contributed by atoms with van der Waals surface area (Å²) in [7, 11) is 0. The molecule has 0 aromatic heterocycles. The number of rotatable bonds is 3. The Labute approximate surface area is 115 Å². The van der Waals surface area contributed by atoms with E-state index in [2.05, 4.69) is 31.4 Å². The minimum atomic E-state index is 0.186. The Morgan fingerprint density at radius 2 is 1.94 bits per heavy atom. The predicted octanol–water partition coefficient (Wildman–Crippen LogP) is 3.98. The van der Waals surface area contributed by atoms with E-state index in [4.69, 9.17) is 17.4 Å². The lowest BCUT2D eigenvalue weighted by Gasteiger charge is -2.33. The molecule has 2 nitrogen and oxygen atoms in total. The summed E-state index contributed by atoms with van der Waals surface area (Å²) in [5.74, 6) is 7.23. The molecule has 0 heterocycles. The molecule has 18 heavy (non-hydrogen) atoms. The highest BCUT2D eigenvalue weighted by Crippen LogP contribution is 2.38. The van der Waals surface area contributed by atoms with Crippen molar-refractivity contribution in [3.05, 3.63) is 34.3 Å². The lowest BCUT2D eigenvalue weighted by molar-refractivity contribution is 0.232. The fraction of sp³-hybridized carbons (Fsp3) is 0.600. The molecule has 0 radical (unpaired) electrons. The maximum absolute atomic E-state index is 6.36. The Bertz CT molecular complexity index is 397. The molecule has 3 N–H and O–H groups in total. The first-order valence-electron chi connectivity index (χ1n) is 6.84. The second-order valence-corrected chi connectivity index (χ2v) is 6.10. The van der Waals surface area contributed by atoms with Crippen LogP contribution in [-0.4, -0.2) is 0 Å². The van der Waals surface area contributed by atoms with E-state index in [1.165, 1.54) is 31.2 Å². The lowest BCUT2D eigenvalue weighted by atomic mass is 9.77. The largest absolute Gasteiger partial charge is 0.271 e. The van der Waals surface area contributed by atoms with E-state index in [0.29, 0.717) is 5.92 Å². The van der Waals surface area contributed by atoms with Crippen molar-refractivity contribution in [3.8, 4) is 0 Å². The maximum atomic E-state index is 6.36. The van der Waals surface area contributed by atoms with Crippen LogP contribution in [0, 0.1) is 18.8 Å². The van der Waals surface area contributed by atoms with Crippen molar-refractivity contribution in [1.82, 2.24) is 5.43 Å². The highest BCUT2D eigenvalue weighted by molar-refractivity contribution is 6.31. The van der Waals surface area contributed by atoms with E-state index >= 15 is 0 Å². The molecule has 1 aliphatic carbocycles. The molecular formula is C15H23ClN2. The number of aryl methyl sites for hydroxylation is 1. The van der Waals surface area contributed by atoms with Crippen molar-refractivity contribution in [3.63, 3.8) is 0 Å². The first-order chi connectivity index (χ1) is 8.61. The number of hydrazine groups is 1. The van der Waals surface area contributed by atoms with Gasteiger partial charge in [-0.05, 0) is 48.8 Å². The molecule has 3 heteroatoms. The van der Waals surface area contributed by atoms with E-state index in [1.807, 2.05) is 6.07 Å². The van der Waals surface area contributed by atoms with Crippen LogP contribution in [0.25, 0.3) is 0 Å². The molecule has 1 saturated carbocycles. The Hall–Kier alpha value is -0.570. The molecular weight excluding hydrogens is 244 g/mol. The van der Waals surface area contributed by atoms with Gasteiger partial charge in [-0.25, -0.2) is 0 Å². The van der Waals surface area contributed by atoms with Crippen LogP contribution in [0.5, 0.6) is 0 Å². The summed E-state index contributed by atoms with van der Waals surface area (Å²) in [6, 6.07) is 6.43. The number of benzene rings is 1. The number of halogens is 1. The van der Waals surface area contributed by atoms with Crippen LogP contribution in [0.1, 0.15) is 49.8 Å². The fourth-order valence-electron chi connectivity index (χ4n) is 2.98. The summed E-state index contributed by atoms with van der Waals surface area (Å²) >= 11 is 6.36. The van der Waals surface area contributed by atoms with Crippen LogP contribution < -0.4 is 11.3 Å². The van der Waals surface area contributed by atoms with Crippen LogP contribution in [0.15, 0.2) is 18.2 Å². The molecule has 0 bridgehead atoms. The van der Waals surface area contributed by atoms with Gasteiger partial charge in [-0.2, -0.15) is 0 Å². The topological polar surface area (TPSA) is 38.0 Å². The van der Waals surface area contributed by atoms with Gasteiger partial charge in [0.05, 0.1) is 6.04 Å². The maximum Gasteiger partial charge on any atom is 0.0502 e. The third kappa shape index (κ3) is 3.05. The summed E-state index contributed by atoms with van der Waals surface area (Å²) in [6.45, 7) is 4.39. The number of nitrogens with two attached hydrogens (primary N) is 1. The van der Waals surface area contributed by atoms with Crippen molar-refractivity contribution in [2.45, 2.75) is 45.6 Å². The molecule has 1 unspecified atom stereocenters. The average molecular weight is 267 g/mol. The minimum Gasteiger partial charge on any atom is -0.271 e. The van der Waals surface area contributed by atoms with Gasteiger partial charge in [-0.1, -0.05) is 43.5 Å². The minimum absolute atomic E-state index is 0.186.